The number of anilines is 1. The highest BCUT2D eigenvalue weighted by Gasteiger charge is 2.57. The van der Waals surface area contributed by atoms with E-state index in [0.717, 1.165) is 5.56 Å². The normalized spacial score (nSPS) is 20.4. The molecule has 0 unspecified atom stereocenters. The Labute approximate surface area is 221 Å². The molecule has 2 amide bonds. The second-order valence-corrected chi connectivity index (χ2v) is 10.3. The van der Waals surface area contributed by atoms with Crippen molar-refractivity contribution in [2.45, 2.75) is 23.8 Å². The standard InChI is InChI=1S/C27H22ClFN2O5S/c28-18-8-11-23(36-20-4-2-1-3-5-20)21(14-18)30-24(32)15-35-26(34)22-16-37-27(13-12-25(33)31(22)27)17-6-9-19(29)10-7-17/h1-11,14,22H,12-13,15-16H2,(H,30,32)/t22-,27-/m0/s1. The van der Waals surface area contributed by atoms with Gasteiger partial charge in [0, 0.05) is 17.2 Å². The van der Waals surface area contributed by atoms with Crippen LogP contribution in [-0.2, 0) is 24.0 Å². The van der Waals surface area contributed by atoms with Gasteiger partial charge in [0.15, 0.2) is 12.4 Å². The summed E-state index contributed by atoms with van der Waals surface area (Å²) in [5.74, 6) is -0.558. The maximum absolute atomic E-state index is 13.5. The highest BCUT2D eigenvalue weighted by atomic mass is 35.5. The van der Waals surface area contributed by atoms with E-state index in [2.05, 4.69) is 5.32 Å². The molecule has 2 atom stereocenters. The summed E-state index contributed by atoms with van der Waals surface area (Å²) in [7, 11) is 0. The number of esters is 1. The van der Waals surface area contributed by atoms with E-state index in [-0.39, 0.29) is 18.1 Å². The van der Waals surface area contributed by atoms with Crippen LogP contribution in [0.2, 0.25) is 5.02 Å². The van der Waals surface area contributed by atoms with Crippen LogP contribution in [0.5, 0.6) is 11.5 Å². The van der Waals surface area contributed by atoms with Crippen LogP contribution in [0.15, 0.2) is 72.8 Å². The first-order chi connectivity index (χ1) is 17.9. The molecule has 5 rings (SSSR count). The number of nitrogens with zero attached hydrogens (tertiary/aromatic N) is 1. The molecule has 7 nitrogen and oxygen atoms in total. The lowest BCUT2D eigenvalue weighted by Crippen LogP contribution is -2.47. The third kappa shape index (κ3) is 5.14. The summed E-state index contributed by atoms with van der Waals surface area (Å²) >= 11 is 7.55. The highest BCUT2D eigenvalue weighted by Crippen LogP contribution is 2.54. The Morgan fingerprint density at radius 3 is 2.62 bits per heavy atom. The first-order valence-electron chi connectivity index (χ1n) is 11.6. The lowest BCUT2D eigenvalue weighted by atomic mass is 10.0. The van der Waals surface area contributed by atoms with Gasteiger partial charge >= 0.3 is 5.97 Å². The number of hydrogen-bond donors (Lipinski definition) is 1. The minimum Gasteiger partial charge on any atom is -0.455 e. The van der Waals surface area contributed by atoms with Gasteiger partial charge in [-0.2, -0.15) is 0 Å². The lowest BCUT2D eigenvalue weighted by molar-refractivity contribution is -0.155. The number of amides is 2. The SMILES string of the molecule is O=C(COC(=O)[C@@H]1CS[C@]2(c3ccc(F)cc3)CCC(=O)N12)Nc1cc(Cl)ccc1Oc1ccccc1. The molecule has 2 aliphatic heterocycles. The van der Waals surface area contributed by atoms with E-state index in [4.69, 9.17) is 21.1 Å². The van der Waals surface area contributed by atoms with Crippen molar-refractivity contribution >= 4 is 46.8 Å². The zero-order valence-corrected chi connectivity index (χ0v) is 21.1. The van der Waals surface area contributed by atoms with Gasteiger partial charge in [-0.3, -0.25) is 9.59 Å². The van der Waals surface area contributed by atoms with Crippen LogP contribution in [0.3, 0.4) is 0 Å². The van der Waals surface area contributed by atoms with Crippen molar-refractivity contribution in [3.05, 3.63) is 89.2 Å². The van der Waals surface area contributed by atoms with Crippen molar-refractivity contribution in [1.29, 1.82) is 0 Å². The maximum Gasteiger partial charge on any atom is 0.330 e. The van der Waals surface area contributed by atoms with Crippen molar-refractivity contribution in [1.82, 2.24) is 4.90 Å². The summed E-state index contributed by atoms with van der Waals surface area (Å²) in [6, 6.07) is 18.9. The quantitative estimate of drug-likeness (QED) is 0.407. The molecule has 0 aliphatic carbocycles. The van der Waals surface area contributed by atoms with Crippen molar-refractivity contribution < 1.29 is 28.2 Å². The molecule has 10 heteroatoms. The summed E-state index contributed by atoms with van der Waals surface area (Å²) < 4.78 is 24.6. The number of thioether (sulfide) groups is 1. The molecule has 3 aromatic rings. The van der Waals surface area contributed by atoms with Crippen LogP contribution in [0, 0.1) is 5.82 Å². The second kappa shape index (κ2) is 10.4. The van der Waals surface area contributed by atoms with Gasteiger partial charge < -0.3 is 19.7 Å². The van der Waals surface area contributed by atoms with E-state index >= 15 is 0 Å². The van der Waals surface area contributed by atoms with Gasteiger partial charge in [-0.05, 0) is 54.4 Å². The minimum absolute atomic E-state index is 0.178. The fourth-order valence-corrected chi connectivity index (χ4v) is 6.36. The predicted octanol–water partition coefficient (Wildman–Crippen LogP) is 5.34. The first-order valence-corrected chi connectivity index (χ1v) is 12.9. The van der Waals surface area contributed by atoms with E-state index in [1.54, 1.807) is 36.4 Å². The van der Waals surface area contributed by atoms with Gasteiger partial charge in [0.25, 0.3) is 5.91 Å². The Bertz CT molecular complexity index is 1340. The molecule has 3 aromatic carbocycles. The molecule has 0 radical (unpaired) electrons. The Morgan fingerprint density at radius 1 is 1.11 bits per heavy atom. The van der Waals surface area contributed by atoms with E-state index in [1.165, 1.54) is 34.9 Å². The van der Waals surface area contributed by atoms with Crippen LogP contribution in [0.25, 0.3) is 0 Å². The maximum atomic E-state index is 13.5. The molecule has 2 heterocycles. The molecular formula is C27H22ClFN2O5S. The third-order valence-electron chi connectivity index (χ3n) is 6.23. The Morgan fingerprint density at radius 2 is 1.86 bits per heavy atom. The molecular weight excluding hydrogens is 519 g/mol. The summed E-state index contributed by atoms with van der Waals surface area (Å²) in [5, 5.41) is 3.05. The minimum atomic E-state index is -0.846. The first kappa shape index (κ1) is 25.1. The molecule has 190 valence electrons. The zero-order valence-electron chi connectivity index (χ0n) is 19.5. The average molecular weight is 541 g/mol. The monoisotopic (exact) mass is 540 g/mol. The summed E-state index contributed by atoms with van der Waals surface area (Å²) in [6.45, 7) is -0.553. The van der Waals surface area contributed by atoms with E-state index in [9.17, 15) is 18.8 Å². The number of rotatable bonds is 7. The van der Waals surface area contributed by atoms with Gasteiger partial charge in [-0.15, -0.1) is 11.8 Å². The molecule has 0 saturated carbocycles. The van der Waals surface area contributed by atoms with E-state index < -0.39 is 29.4 Å². The third-order valence-corrected chi connectivity index (χ3v) is 8.06. The molecule has 2 saturated heterocycles. The molecule has 2 aliphatic rings. The number of hydrogen-bond acceptors (Lipinski definition) is 6. The van der Waals surface area contributed by atoms with E-state index in [0.29, 0.717) is 34.4 Å². The number of halogens is 2. The molecule has 2 fully saturated rings. The van der Waals surface area contributed by atoms with Gasteiger partial charge in [-0.25, -0.2) is 9.18 Å². The second-order valence-electron chi connectivity index (χ2n) is 8.59. The van der Waals surface area contributed by atoms with Crippen molar-refractivity contribution in [3.63, 3.8) is 0 Å². The molecule has 0 bridgehead atoms. The number of carbonyl (C=O) groups is 3. The van der Waals surface area contributed by atoms with Crippen LogP contribution in [0.4, 0.5) is 10.1 Å². The van der Waals surface area contributed by atoms with Crippen LogP contribution < -0.4 is 10.1 Å². The van der Waals surface area contributed by atoms with E-state index in [1.807, 2.05) is 18.2 Å². The fourth-order valence-electron chi connectivity index (χ4n) is 4.55. The summed E-state index contributed by atoms with van der Waals surface area (Å²) in [6.07, 6.45) is 0.777. The molecule has 37 heavy (non-hydrogen) atoms. The molecule has 0 aromatic heterocycles. The van der Waals surface area contributed by atoms with Gasteiger partial charge in [0.2, 0.25) is 5.91 Å². The number of benzene rings is 3. The Balaban J connectivity index is 1.24. The Kier molecular flexibility index (Phi) is 7.08. The number of nitrogens with one attached hydrogen (secondary N) is 1. The van der Waals surface area contributed by atoms with Crippen LogP contribution in [0.1, 0.15) is 18.4 Å². The number of carbonyl (C=O) groups excluding carboxylic acids is 3. The average Bonchev–Trinajstić information content (AvgIpc) is 3.44. The topological polar surface area (TPSA) is 84.9 Å². The van der Waals surface area contributed by atoms with Crippen molar-refractivity contribution in [3.8, 4) is 11.5 Å². The van der Waals surface area contributed by atoms with Gasteiger partial charge in [0.1, 0.15) is 22.5 Å². The summed E-state index contributed by atoms with van der Waals surface area (Å²) in [4.78, 5) is 39.1. The summed E-state index contributed by atoms with van der Waals surface area (Å²) in [5.41, 5.74) is 1.07. The number of para-hydroxylation sites is 1. The number of ether oxygens (including phenoxy) is 2. The smallest absolute Gasteiger partial charge is 0.330 e. The highest BCUT2D eigenvalue weighted by molar-refractivity contribution is 8.00. The van der Waals surface area contributed by atoms with Crippen LogP contribution >= 0.6 is 23.4 Å². The van der Waals surface area contributed by atoms with Gasteiger partial charge in [-0.1, -0.05) is 41.9 Å². The number of fused-ring (bicyclic) bond motifs is 1. The van der Waals surface area contributed by atoms with Crippen molar-refractivity contribution in [2.75, 3.05) is 17.7 Å². The molecule has 0 spiro atoms. The lowest BCUT2D eigenvalue weighted by Gasteiger charge is -2.33. The van der Waals surface area contributed by atoms with Crippen molar-refractivity contribution in [2.24, 2.45) is 0 Å². The molecule has 1 N–H and O–H groups in total. The van der Waals surface area contributed by atoms with Crippen LogP contribution in [-0.4, -0.2) is 41.1 Å². The predicted molar refractivity (Wildman–Crippen MR) is 138 cm³/mol. The fraction of sp³-hybridized carbons (Fsp3) is 0.222. The van der Waals surface area contributed by atoms with Gasteiger partial charge in [0.05, 0.1) is 5.69 Å². The Hall–Kier alpha value is -3.56. The zero-order chi connectivity index (χ0) is 26.0. The largest absolute Gasteiger partial charge is 0.455 e.